The Kier molecular flexibility index (Phi) is 4.12. The van der Waals surface area contributed by atoms with Gasteiger partial charge in [-0.15, -0.1) is 0 Å². The average molecular weight is 426 g/mol. The molecule has 0 unspecified atom stereocenters. The summed E-state index contributed by atoms with van der Waals surface area (Å²) < 4.78 is 75.5. The summed E-state index contributed by atoms with van der Waals surface area (Å²) in [6.07, 6.45) is -2.36. The van der Waals surface area contributed by atoms with E-state index in [1.807, 2.05) is 6.92 Å². The predicted octanol–water partition coefficient (Wildman–Crippen LogP) is 6.04. The zero-order valence-electron chi connectivity index (χ0n) is 16.4. The van der Waals surface area contributed by atoms with Gasteiger partial charge in [0.05, 0.1) is 0 Å². The Bertz CT molecular complexity index is 1280. The fourth-order valence-corrected chi connectivity index (χ4v) is 4.31. The van der Waals surface area contributed by atoms with E-state index in [4.69, 9.17) is 0 Å². The van der Waals surface area contributed by atoms with E-state index >= 15 is 8.63 Å². The largest absolute Gasteiger partial charge is 0.737 e. The van der Waals surface area contributed by atoms with E-state index in [9.17, 15) is 13.2 Å². The Labute approximate surface area is 175 Å². The molecular formula is C23H16BF5N2. The highest BCUT2D eigenvalue weighted by molar-refractivity contribution is 6.59. The van der Waals surface area contributed by atoms with Crippen molar-refractivity contribution in [2.75, 3.05) is 0 Å². The van der Waals surface area contributed by atoms with Crippen LogP contribution in [0.5, 0.6) is 0 Å². The van der Waals surface area contributed by atoms with Crippen LogP contribution in [-0.2, 0) is 0 Å². The maximum Gasteiger partial charge on any atom is 0.737 e. The number of allylic oxidation sites excluding steroid dienone is 3. The maximum absolute atomic E-state index is 16.0. The number of alkyl halides is 3. The summed E-state index contributed by atoms with van der Waals surface area (Å²) in [5, 5.41) is 0. The molecule has 2 aromatic carbocycles. The standard InChI is InChI=1S/C23H16BF5N2/c1-15-7-9-17(10-8-15)19-12-14-21-22(23(25,26)27)20-13-11-18(16-5-3-2-4-6-16)30(20)24(28,29)31(19)21/h2-14H,1H3. The number of benzene rings is 2. The third-order valence-corrected chi connectivity index (χ3v) is 5.67. The zero-order chi connectivity index (χ0) is 22.0. The second-order valence-corrected chi connectivity index (χ2v) is 7.64. The van der Waals surface area contributed by atoms with Crippen molar-refractivity contribution in [2.24, 2.45) is 0 Å². The molecule has 156 valence electrons. The molecule has 0 saturated heterocycles. The van der Waals surface area contributed by atoms with Crippen molar-refractivity contribution in [2.45, 2.75) is 13.1 Å². The topological polar surface area (TPSA) is 7.94 Å². The van der Waals surface area contributed by atoms with Crippen LogP contribution >= 0.6 is 0 Å². The lowest BCUT2D eigenvalue weighted by atomic mass is 9.86. The Hall–Kier alpha value is -3.42. The minimum Gasteiger partial charge on any atom is -0.389 e. The van der Waals surface area contributed by atoms with E-state index in [0.29, 0.717) is 20.1 Å². The average Bonchev–Trinajstić information content (AvgIpc) is 3.35. The number of aryl methyl sites for hydroxylation is 1. The van der Waals surface area contributed by atoms with Gasteiger partial charge in [-0.1, -0.05) is 48.0 Å². The number of nitrogens with zero attached hydrogens (tertiary/aromatic N) is 2. The maximum atomic E-state index is 16.0. The first-order chi connectivity index (χ1) is 14.7. The quantitative estimate of drug-likeness (QED) is 0.349. The van der Waals surface area contributed by atoms with Crippen LogP contribution in [0.3, 0.4) is 0 Å². The molecule has 0 saturated carbocycles. The molecule has 2 nitrogen and oxygen atoms in total. The van der Waals surface area contributed by atoms with Gasteiger partial charge in [-0.05, 0) is 36.8 Å². The van der Waals surface area contributed by atoms with Gasteiger partial charge in [0, 0.05) is 29.1 Å². The first-order valence-electron chi connectivity index (χ1n) is 9.72. The molecule has 0 amide bonds. The molecule has 0 radical (unpaired) electrons. The van der Waals surface area contributed by atoms with Crippen LogP contribution in [0.15, 0.2) is 84.6 Å². The van der Waals surface area contributed by atoms with Gasteiger partial charge in [0.25, 0.3) is 0 Å². The second kappa shape index (κ2) is 6.54. The summed E-state index contributed by atoms with van der Waals surface area (Å²) in [6, 6.07) is 17.5. The first kappa shape index (κ1) is 19.5. The van der Waals surface area contributed by atoms with Crippen molar-refractivity contribution in [1.29, 1.82) is 0 Å². The zero-order valence-corrected chi connectivity index (χ0v) is 16.4. The summed E-state index contributed by atoms with van der Waals surface area (Å²) in [6.45, 7) is -2.73. The molecule has 0 atom stereocenters. The monoisotopic (exact) mass is 426 g/mol. The molecule has 0 bridgehead atoms. The second-order valence-electron chi connectivity index (χ2n) is 7.64. The number of halogens is 5. The fourth-order valence-electron chi connectivity index (χ4n) is 4.31. The van der Waals surface area contributed by atoms with Crippen LogP contribution in [-0.4, -0.2) is 27.8 Å². The van der Waals surface area contributed by atoms with Gasteiger partial charge in [-0.25, -0.2) is 0 Å². The van der Waals surface area contributed by atoms with Crippen LogP contribution < -0.4 is 0 Å². The lowest BCUT2D eigenvalue weighted by molar-refractivity contribution is -0.362. The van der Waals surface area contributed by atoms with Crippen molar-refractivity contribution in [3.8, 4) is 11.3 Å². The van der Waals surface area contributed by atoms with Gasteiger partial charge >= 0.3 is 13.1 Å². The molecule has 0 N–H and O–H groups in total. The van der Waals surface area contributed by atoms with Crippen molar-refractivity contribution in [1.82, 2.24) is 4.48 Å². The molecule has 3 heterocycles. The Morgan fingerprint density at radius 2 is 1.42 bits per heavy atom. The minimum absolute atomic E-state index is 0.0385. The molecule has 2 aliphatic heterocycles. The predicted molar refractivity (Wildman–Crippen MR) is 111 cm³/mol. The van der Waals surface area contributed by atoms with E-state index in [0.717, 1.165) is 17.7 Å². The molecule has 0 spiro atoms. The molecule has 3 aromatic rings. The minimum atomic E-state index is -4.81. The van der Waals surface area contributed by atoms with Crippen LogP contribution in [0.4, 0.5) is 21.8 Å². The molecule has 31 heavy (non-hydrogen) atoms. The molecule has 1 aromatic heterocycles. The number of aromatic nitrogens is 1. The SMILES string of the molecule is Cc1ccc(-c2ccc3n2[B-](F)(F)[N+]2=C(c4ccccc4)C=CC2=C3C(F)(F)F)cc1. The van der Waals surface area contributed by atoms with Gasteiger partial charge in [0.2, 0.25) is 0 Å². The molecule has 2 aliphatic rings. The van der Waals surface area contributed by atoms with E-state index in [1.54, 1.807) is 54.6 Å². The third kappa shape index (κ3) is 2.89. The Balaban J connectivity index is 1.85. The molecule has 8 heteroatoms. The van der Waals surface area contributed by atoms with Crippen molar-refractivity contribution >= 4 is 18.3 Å². The van der Waals surface area contributed by atoms with Crippen LogP contribution in [0.1, 0.15) is 16.8 Å². The fraction of sp³-hybridized carbons (Fsp3) is 0.0870. The number of fused-ring (bicyclic) bond motifs is 2. The summed E-state index contributed by atoms with van der Waals surface area (Å²) in [5.74, 6) is 0. The third-order valence-electron chi connectivity index (χ3n) is 5.67. The molecule has 5 rings (SSSR count). The van der Waals surface area contributed by atoms with Crippen LogP contribution in [0.2, 0.25) is 0 Å². The van der Waals surface area contributed by atoms with Gasteiger partial charge in [0.15, 0.2) is 11.4 Å². The van der Waals surface area contributed by atoms with E-state index < -0.39 is 30.1 Å². The Morgan fingerprint density at radius 3 is 2.06 bits per heavy atom. The summed E-state index contributed by atoms with van der Waals surface area (Å²) in [7, 11) is 0. The summed E-state index contributed by atoms with van der Waals surface area (Å²) in [4.78, 5) is 0. The highest BCUT2D eigenvalue weighted by Crippen LogP contribution is 2.46. The normalized spacial score (nSPS) is 17.2. The van der Waals surface area contributed by atoms with Gasteiger partial charge in [-0.3, -0.25) is 0 Å². The van der Waals surface area contributed by atoms with E-state index in [1.165, 1.54) is 12.1 Å². The van der Waals surface area contributed by atoms with Crippen molar-refractivity contribution in [3.05, 3.63) is 101 Å². The van der Waals surface area contributed by atoms with Gasteiger partial charge in [0.1, 0.15) is 5.57 Å². The molecule has 0 fully saturated rings. The van der Waals surface area contributed by atoms with Gasteiger partial charge in [-0.2, -0.15) is 13.2 Å². The lowest BCUT2D eigenvalue weighted by Gasteiger charge is -2.34. The molecular weight excluding hydrogens is 410 g/mol. The number of hydrogen-bond acceptors (Lipinski definition) is 0. The lowest BCUT2D eigenvalue weighted by Crippen LogP contribution is -2.52. The summed E-state index contributed by atoms with van der Waals surface area (Å²) in [5.41, 5.74) is -0.276. The van der Waals surface area contributed by atoms with E-state index in [2.05, 4.69) is 0 Å². The van der Waals surface area contributed by atoms with Crippen LogP contribution in [0, 0.1) is 6.92 Å². The Morgan fingerprint density at radius 1 is 0.774 bits per heavy atom. The van der Waals surface area contributed by atoms with E-state index in [-0.39, 0.29) is 11.4 Å². The first-order valence-corrected chi connectivity index (χ1v) is 9.72. The summed E-state index contributed by atoms with van der Waals surface area (Å²) >= 11 is 0. The van der Waals surface area contributed by atoms with Gasteiger partial charge < -0.3 is 17.6 Å². The highest BCUT2D eigenvalue weighted by atomic mass is 19.4. The number of hydrogen-bond donors (Lipinski definition) is 0. The highest BCUT2D eigenvalue weighted by Gasteiger charge is 2.58. The smallest absolute Gasteiger partial charge is 0.389 e. The number of rotatable bonds is 2. The van der Waals surface area contributed by atoms with Crippen LogP contribution in [0.25, 0.3) is 16.8 Å². The van der Waals surface area contributed by atoms with Crippen molar-refractivity contribution in [3.63, 3.8) is 0 Å². The van der Waals surface area contributed by atoms with Crippen molar-refractivity contribution < 1.29 is 26.3 Å². The molecule has 0 aliphatic carbocycles.